The molecule has 28 heavy (non-hydrogen) atoms. The van der Waals surface area contributed by atoms with Gasteiger partial charge in [0.1, 0.15) is 0 Å². The number of anilines is 1. The van der Waals surface area contributed by atoms with Gasteiger partial charge in [0, 0.05) is 63.8 Å². The highest BCUT2D eigenvalue weighted by Crippen LogP contribution is 2.31. The number of benzene rings is 1. The van der Waals surface area contributed by atoms with Crippen LogP contribution in [0.2, 0.25) is 0 Å². The van der Waals surface area contributed by atoms with Crippen LogP contribution in [0, 0.1) is 0 Å². The van der Waals surface area contributed by atoms with E-state index in [1.807, 2.05) is 23.1 Å². The van der Waals surface area contributed by atoms with Gasteiger partial charge in [-0.3, -0.25) is 9.98 Å². The molecule has 0 spiro atoms. The number of hydrogen-bond donors (Lipinski definition) is 1. The van der Waals surface area contributed by atoms with Crippen molar-refractivity contribution in [3.05, 3.63) is 59.9 Å². The molecular weight excluding hydrogens is 367 g/mol. The number of hydrogen-bond acceptors (Lipinski definition) is 3. The number of nitrogens with zero attached hydrogens (tertiary/aromatic N) is 4. The van der Waals surface area contributed by atoms with Crippen LogP contribution in [0.5, 0.6) is 0 Å². The first-order valence-corrected chi connectivity index (χ1v) is 9.25. The smallest absolute Gasteiger partial charge is 0.368 e. The highest BCUT2D eigenvalue weighted by atomic mass is 19.4. The number of nitrogens with one attached hydrogen (secondary N) is 1. The molecule has 150 valence electrons. The minimum absolute atomic E-state index is 0.604. The lowest BCUT2D eigenvalue weighted by atomic mass is 10.1. The van der Waals surface area contributed by atoms with Gasteiger partial charge in [-0.1, -0.05) is 12.1 Å². The maximum absolute atomic E-state index is 12.9. The average molecular weight is 391 g/mol. The Kier molecular flexibility index (Phi) is 6.38. The van der Waals surface area contributed by atoms with Gasteiger partial charge in [0.25, 0.3) is 0 Å². The standard InChI is InChI=1S/C20H24F3N5/c1-24-19(26-10-8-17-6-2-3-9-25-17)28-13-11-27(12-14-28)18-7-4-5-16(15-18)20(21,22)23/h2-7,9,15H,8,10-14H2,1H3,(H,24,26). The number of piperazine rings is 1. The van der Waals surface area contributed by atoms with Crippen molar-refractivity contribution in [2.75, 3.05) is 44.7 Å². The Morgan fingerprint density at radius 2 is 1.89 bits per heavy atom. The summed E-state index contributed by atoms with van der Waals surface area (Å²) in [6, 6.07) is 11.3. The first-order chi connectivity index (χ1) is 13.5. The molecule has 1 N–H and O–H groups in total. The molecular formula is C20H24F3N5. The summed E-state index contributed by atoms with van der Waals surface area (Å²) in [6.07, 6.45) is -1.75. The van der Waals surface area contributed by atoms with Crippen LogP contribution >= 0.6 is 0 Å². The lowest BCUT2D eigenvalue weighted by molar-refractivity contribution is -0.137. The topological polar surface area (TPSA) is 43.8 Å². The Morgan fingerprint density at radius 3 is 2.54 bits per heavy atom. The summed E-state index contributed by atoms with van der Waals surface area (Å²) in [6.45, 7) is 3.39. The number of aliphatic imine (C=N–C) groups is 1. The molecule has 2 aromatic rings. The van der Waals surface area contributed by atoms with Crippen molar-refractivity contribution < 1.29 is 13.2 Å². The van der Waals surface area contributed by atoms with E-state index in [0.717, 1.165) is 30.7 Å². The number of aromatic nitrogens is 1. The quantitative estimate of drug-likeness (QED) is 0.643. The second-order valence-corrected chi connectivity index (χ2v) is 6.57. The van der Waals surface area contributed by atoms with Crippen LogP contribution in [-0.2, 0) is 12.6 Å². The molecule has 5 nitrogen and oxygen atoms in total. The monoisotopic (exact) mass is 391 g/mol. The van der Waals surface area contributed by atoms with Crippen LogP contribution in [0.4, 0.5) is 18.9 Å². The van der Waals surface area contributed by atoms with E-state index in [4.69, 9.17) is 0 Å². The molecule has 3 rings (SSSR count). The first kappa shape index (κ1) is 20.0. The molecule has 0 aliphatic carbocycles. The normalized spacial score (nSPS) is 15.6. The number of pyridine rings is 1. The third kappa shape index (κ3) is 5.15. The molecule has 1 aliphatic rings. The zero-order valence-electron chi connectivity index (χ0n) is 15.8. The fourth-order valence-corrected chi connectivity index (χ4v) is 3.24. The van der Waals surface area contributed by atoms with Crippen molar-refractivity contribution in [2.24, 2.45) is 4.99 Å². The fraction of sp³-hybridized carbons (Fsp3) is 0.400. The Morgan fingerprint density at radius 1 is 1.11 bits per heavy atom. The van der Waals surface area contributed by atoms with Crippen LogP contribution in [0.25, 0.3) is 0 Å². The van der Waals surface area contributed by atoms with Crippen molar-refractivity contribution in [1.29, 1.82) is 0 Å². The van der Waals surface area contributed by atoms with Crippen LogP contribution in [0.1, 0.15) is 11.3 Å². The highest BCUT2D eigenvalue weighted by molar-refractivity contribution is 5.80. The Bertz CT molecular complexity index is 784. The third-order valence-corrected chi connectivity index (χ3v) is 4.72. The molecule has 1 aromatic heterocycles. The van der Waals surface area contributed by atoms with Gasteiger partial charge in [0.05, 0.1) is 5.56 Å². The summed E-state index contributed by atoms with van der Waals surface area (Å²) < 4.78 is 38.8. The van der Waals surface area contributed by atoms with E-state index >= 15 is 0 Å². The molecule has 0 amide bonds. The van der Waals surface area contributed by atoms with Gasteiger partial charge in [-0.05, 0) is 30.3 Å². The van der Waals surface area contributed by atoms with Crippen LogP contribution < -0.4 is 10.2 Å². The molecule has 0 unspecified atom stereocenters. The van der Waals surface area contributed by atoms with Crippen LogP contribution in [0.15, 0.2) is 53.7 Å². The van der Waals surface area contributed by atoms with Gasteiger partial charge in [0.2, 0.25) is 0 Å². The van der Waals surface area contributed by atoms with E-state index < -0.39 is 11.7 Å². The summed E-state index contributed by atoms with van der Waals surface area (Å²) >= 11 is 0. The Hall–Kier alpha value is -2.77. The summed E-state index contributed by atoms with van der Waals surface area (Å²) in [5.74, 6) is 0.805. The average Bonchev–Trinajstić information content (AvgIpc) is 2.72. The fourth-order valence-electron chi connectivity index (χ4n) is 3.24. The van der Waals surface area contributed by atoms with E-state index in [9.17, 15) is 13.2 Å². The van der Waals surface area contributed by atoms with Gasteiger partial charge >= 0.3 is 6.18 Å². The molecule has 1 saturated heterocycles. The number of rotatable bonds is 4. The molecule has 0 bridgehead atoms. The molecule has 1 fully saturated rings. The zero-order chi connectivity index (χ0) is 20.0. The van der Waals surface area contributed by atoms with Crippen LogP contribution in [-0.4, -0.2) is 55.6 Å². The summed E-state index contributed by atoms with van der Waals surface area (Å²) in [7, 11) is 1.74. The van der Waals surface area contributed by atoms with Gasteiger partial charge in [-0.2, -0.15) is 13.2 Å². The van der Waals surface area contributed by atoms with Crippen molar-refractivity contribution in [1.82, 2.24) is 15.2 Å². The Balaban J connectivity index is 1.52. The maximum Gasteiger partial charge on any atom is 0.416 e. The predicted octanol–water partition coefficient (Wildman–Crippen LogP) is 3.04. The van der Waals surface area contributed by atoms with Crippen molar-refractivity contribution in [3.63, 3.8) is 0 Å². The van der Waals surface area contributed by atoms with E-state index in [1.165, 1.54) is 12.1 Å². The molecule has 1 aliphatic heterocycles. The molecule has 0 radical (unpaired) electrons. The molecule has 1 aromatic carbocycles. The minimum atomic E-state index is -4.32. The van der Waals surface area contributed by atoms with Gasteiger partial charge < -0.3 is 15.1 Å². The lowest BCUT2D eigenvalue weighted by Gasteiger charge is -2.37. The van der Waals surface area contributed by atoms with E-state index in [2.05, 4.69) is 20.2 Å². The molecule has 2 heterocycles. The van der Waals surface area contributed by atoms with E-state index in [-0.39, 0.29) is 0 Å². The van der Waals surface area contributed by atoms with Crippen molar-refractivity contribution in [2.45, 2.75) is 12.6 Å². The number of guanidine groups is 1. The zero-order valence-corrected chi connectivity index (χ0v) is 15.8. The highest BCUT2D eigenvalue weighted by Gasteiger charge is 2.31. The van der Waals surface area contributed by atoms with Gasteiger partial charge in [0.15, 0.2) is 5.96 Å². The SMILES string of the molecule is CN=C(NCCc1ccccn1)N1CCN(c2cccc(C(F)(F)F)c2)CC1. The largest absolute Gasteiger partial charge is 0.416 e. The molecule has 8 heteroatoms. The number of alkyl halides is 3. The lowest BCUT2D eigenvalue weighted by Crippen LogP contribution is -2.52. The summed E-state index contributed by atoms with van der Waals surface area (Å²) in [5.41, 5.74) is 1.01. The van der Waals surface area contributed by atoms with Crippen molar-refractivity contribution >= 4 is 11.6 Å². The molecule has 0 atom stereocenters. The second kappa shape index (κ2) is 8.95. The molecule has 0 saturated carbocycles. The van der Waals surface area contributed by atoms with E-state index in [1.54, 1.807) is 19.3 Å². The Labute approximate surface area is 162 Å². The van der Waals surface area contributed by atoms with Crippen molar-refractivity contribution in [3.8, 4) is 0 Å². The van der Waals surface area contributed by atoms with Gasteiger partial charge in [-0.25, -0.2) is 0 Å². The summed E-state index contributed by atoms with van der Waals surface area (Å²) in [4.78, 5) is 12.7. The summed E-state index contributed by atoms with van der Waals surface area (Å²) in [5, 5.41) is 3.34. The third-order valence-electron chi connectivity index (χ3n) is 4.72. The number of halogens is 3. The second-order valence-electron chi connectivity index (χ2n) is 6.57. The predicted molar refractivity (Wildman–Crippen MR) is 105 cm³/mol. The van der Waals surface area contributed by atoms with E-state index in [0.29, 0.717) is 31.9 Å². The first-order valence-electron chi connectivity index (χ1n) is 9.25. The van der Waals surface area contributed by atoms with Crippen LogP contribution in [0.3, 0.4) is 0 Å². The maximum atomic E-state index is 12.9. The minimum Gasteiger partial charge on any atom is -0.368 e. The van der Waals surface area contributed by atoms with Gasteiger partial charge in [-0.15, -0.1) is 0 Å².